The topological polar surface area (TPSA) is 87.2 Å². The minimum Gasteiger partial charge on any atom is -0.478 e. The van der Waals surface area contributed by atoms with Crippen molar-refractivity contribution >= 4 is 29.2 Å². The Kier molecular flexibility index (Phi) is 4.52. The number of hydroxylamine groups is 1. The van der Waals surface area contributed by atoms with Gasteiger partial charge in [-0.15, -0.1) is 0 Å². The number of rotatable bonds is 4. The monoisotopic (exact) mass is 414 g/mol. The molecule has 31 heavy (non-hydrogen) atoms. The van der Waals surface area contributed by atoms with Crippen LogP contribution >= 0.6 is 0 Å². The molecule has 2 aliphatic rings. The van der Waals surface area contributed by atoms with Crippen LogP contribution in [0.4, 0.5) is 11.4 Å². The molecule has 0 spiro atoms. The second kappa shape index (κ2) is 7.37. The van der Waals surface area contributed by atoms with Crippen molar-refractivity contribution in [2.45, 2.75) is 12.1 Å². The smallest absolute Gasteiger partial charge is 0.335 e. The van der Waals surface area contributed by atoms with Crippen molar-refractivity contribution in [2.24, 2.45) is 5.92 Å². The Morgan fingerprint density at radius 1 is 0.774 bits per heavy atom. The van der Waals surface area contributed by atoms with Crippen molar-refractivity contribution in [2.75, 3.05) is 9.96 Å². The Balaban J connectivity index is 1.58. The van der Waals surface area contributed by atoms with E-state index < -0.39 is 29.9 Å². The van der Waals surface area contributed by atoms with Gasteiger partial charge in [0, 0.05) is 0 Å². The Hall–Kier alpha value is -3.97. The van der Waals surface area contributed by atoms with Crippen molar-refractivity contribution in [3.8, 4) is 0 Å². The van der Waals surface area contributed by atoms with E-state index in [2.05, 4.69) is 0 Å². The molecule has 7 heteroatoms. The number of benzene rings is 3. The molecule has 3 aromatic rings. The van der Waals surface area contributed by atoms with Crippen molar-refractivity contribution in [3.63, 3.8) is 0 Å². The summed E-state index contributed by atoms with van der Waals surface area (Å²) < 4.78 is 0. The first-order valence-electron chi connectivity index (χ1n) is 9.83. The van der Waals surface area contributed by atoms with E-state index in [4.69, 9.17) is 4.84 Å². The predicted octanol–water partition coefficient (Wildman–Crippen LogP) is 3.44. The lowest BCUT2D eigenvalue weighted by atomic mass is 9.90. The maximum Gasteiger partial charge on any atom is 0.335 e. The van der Waals surface area contributed by atoms with Gasteiger partial charge in [-0.3, -0.25) is 14.4 Å². The van der Waals surface area contributed by atoms with E-state index in [1.807, 2.05) is 36.4 Å². The third-order valence-electron chi connectivity index (χ3n) is 5.64. The van der Waals surface area contributed by atoms with E-state index in [0.717, 1.165) is 0 Å². The number of aromatic carboxylic acids is 1. The third kappa shape index (κ3) is 3.06. The Morgan fingerprint density at radius 2 is 1.35 bits per heavy atom. The molecule has 7 nitrogen and oxygen atoms in total. The maximum absolute atomic E-state index is 13.4. The number of para-hydroxylation sites is 2. The second-order valence-corrected chi connectivity index (χ2v) is 7.43. The number of hydrogen-bond donors (Lipinski definition) is 1. The average Bonchev–Trinajstić information content (AvgIpc) is 3.31. The summed E-state index contributed by atoms with van der Waals surface area (Å²) in [7, 11) is 0. The number of amides is 2. The van der Waals surface area contributed by atoms with E-state index in [-0.39, 0.29) is 11.5 Å². The lowest BCUT2D eigenvalue weighted by Crippen LogP contribution is -2.37. The summed E-state index contributed by atoms with van der Waals surface area (Å²) in [5.41, 5.74) is 2.04. The molecule has 3 atom stereocenters. The SMILES string of the molecule is O=C(O)c1ccc([C@@H]2[C@@H]3C(=O)N(c4ccccc4)C(=O)[C@@H]3ON2c2ccccc2)cc1. The molecule has 0 bridgehead atoms. The lowest BCUT2D eigenvalue weighted by Gasteiger charge is -2.28. The quantitative estimate of drug-likeness (QED) is 0.658. The summed E-state index contributed by atoms with van der Waals surface area (Å²) >= 11 is 0. The molecule has 2 heterocycles. The van der Waals surface area contributed by atoms with Crippen LogP contribution in [0.2, 0.25) is 0 Å². The number of carbonyl (C=O) groups excluding carboxylic acids is 2. The van der Waals surface area contributed by atoms with Crippen LogP contribution < -0.4 is 9.96 Å². The van der Waals surface area contributed by atoms with Crippen molar-refractivity contribution in [3.05, 3.63) is 96.1 Å². The molecule has 2 amide bonds. The van der Waals surface area contributed by atoms with E-state index in [1.165, 1.54) is 17.0 Å². The summed E-state index contributed by atoms with van der Waals surface area (Å²) in [5, 5.41) is 10.8. The van der Waals surface area contributed by atoms with Gasteiger partial charge >= 0.3 is 5.97 Å². The van der Waals surface area contributed by atoms with E-state index in [0.29, 0.717) is 16.9 Å². The van der Waals surface area contributed by atoms with Gasteiger partial charge in [-0.05, 0) is 42.0 Å². The summed E-state index contributed by atoms with van der Waals surface area (Å²) in [5.74, 6) is -2.54. The fraction of sp³-hybridized carbons (Fsp3) is 0.125. The first kappa shape index (κ1) is 19.0. The van der Waals surface area contributed by atoms with Crippen LogP contribution in [-0.4, -0.2) is 29.0 Å². The molecular formula is C24H18N2O5. The van der Waals surface area contributed by atoms with Gasteiger partial charge in [0.15, 0.2) is 6.10 Å². The van der Waals surface area contributed by atoms with Crippen LogP contribution in [0, 0.1) is 5.92 Å². The molecule has 2 aliphatic heterocycles. The zero-order chi connectivity index (χ0) is 21.5. The normalized spacial score (nSPS) is 22.6. The third-order valence-corrected chi connectivity index (χ3v) is 5.64. The van der Waals surface area contributed by atoms with Gasteiger partial charge in [0.1, 0.15) is 5.92 Å². The highest BCUT2D eigenvalue weighted by Gasteiger charge is 2.60. The molecule has 0 radical (unpaired) electrons. The van der Waals surface area contributed by atoms with Crippen LogP contribution in [0.3, 0.4) is 0 Å². The largest absolute Gasteiger partial charge is 0.478 e. The highest BCUT2D eigenvalue weighted by Crippen LogP contribution is 2.47. The summed E-state index contributed by atoms with van der Waals surface area (Å²) in [6, 6.07) is 23.7. The fourth-order valence-corrected chi connectivity index (χ4v) is 4.21. The maximum atomic E-state index is 13.4. The van der Waals surface area contributed by atoms with Gasteiger partial charge < -0.3 is 5.11 Å². The fourth-order valence-electron chi connectivity index (χ4n) is 4.21. The van der Waals surface area contributed by atoms with Gasteiger partial charge in [-0.1, -0.05) is 48.5 Å². The second-order valence-electron chi connectivity index (χ2n) is 7.43. The van der Waals surface area contributed by atoms with Gasteiger partial charge in [0.25, 0.3) is 5.91 Å². The molecule has 0 aromatic heterocycles. The summed E-state index contributed by atoms with van der Waals surface area (Å²) in [6.45, 7) is 0. The van der Waals surface area contributed by atoms with Crippen molar-refractivity contribution in [1.29, 1.82) is 0 Å². The van der Waals surface area contributed by atoms with E-state index >= 15 is 0 Å². The number of anilines is 2. The van der Waals surface area contributed by atoms with Gasteiger partial charge in [-0.25, -0.2) is 14.8 Å². The molecule has 3 aromatic carbocycles. The molecular weight excluding hydrogens is 396 g/mol. The minimum atomic E-state index is -1.03. The number of fused-ring (bicyclic) bond motifs is 1. The Labute approximate surface area is 178 Å². The number of carboxylic acid groups (broad SMARTS) is 1. The number of imide groups is 1. The van der Waals surface area contributed by atoms with Crippen LogP contribution in [-0.2, 0) is 14.4 Å². The Bertz CT molecular complexity index is 1150. The number of hydrogen-bond acceptors (Lipinski definition) is 5. The zero-order valence-corrected chi connectivity index (χ0v) is 16.3. The highest BCUT2D eigenvalue weighted by atomic mass is 16.7. The zero-order valence-electron chi connectivity index (χ0n) is 16.3. The molecule has 5 rings (SSSR count). The van der Waals surface area contributed by atoms with Crippen LogP contribution in [0.5, 0.6) is 0 Å². The minimum absolute atomic E-state index is 0.144. The summed E-state index contributed by atoms with van der Waals surface area (Å²) in [6.07, 6.45) is -0.961. The van der Waals surface area contributed by atoms with Crippen LogP contribution in [0.1, 0.15) is 22.0 Å². The first-order valence-corrected chi connectivity index (χ1v) is 9.83. The molecule has 0 aliphatic carbocycles. The molecule has 1 N–H and O–H groups in total. The molecule has 0 unspecified atom stereocenters. The molecule has 154 valence electrons. The number of carbonyl (C=O) groups is 3. The molecule has 2 saturated heterocycles. The predicted molar refractivity (Wildman–Crippen MR) is 112 cm³/mol. The van der Waals surface area contributed by atoms with E-state index in [9.17, 15) is 19.5 Å². The average molecular weight is 414 g/mol. The van der Waals surface area contributed by atoms with Crippen molar-refractivity contribution in [1.82, 2.24) is 0 Å². The highest BCUT2D eigenvalue weighted by molar-refractivity contribution is 6.23. The number of nitrogens with zero attached hydrogens (tertiary/aromatic N) is 2. The molecule has 0 saturated carbocycles. The standard InChI is InChI=1S/C24H18N2O5/c27-22-19-20(15-11-13-16(14-12-15)24(29)30)26(18-9-5-2-6-10-18)31-21(19)23(28)25(22)17-7-3-1-4-8-17/h1-14,19-21H,(H,29,30)/t19-,20+,21+/m0/s1. The van der Waals surface area contributed by atoms with Gasteiger partial charge in [-0.2, -0.15) is 0 Å². The Morgan fingerprint density at radius 3 is 1.94 bits per heavy atom. The van der Waals surface area contributed by atoms with E-state index in [1.54, 1.807) is 41.5 Å². The summed E-state index contributed by atoms with van der Waals surface area (Å²) in [4.78, 5) is 45.1. The van der Waals surface area contributed by atoms with Crippen molar-refractivity contribution < 1.29 is 24.3 Å². The number of carboxylic acids is 1. The van der Waals surface area contributed by atoms with Gasteiger partial charge in [0.05, 0.1) is 23.0 Å². The first-order chi connectivity index (χ1) is 15.1. The van der Waals surface area contributed by atoms with Crippen LogP contribution in [0.25, 0.3) is 0 Å². The lowest BCUT2D eigenvalue weighted by molar-refractivity contribution is -0.126. The van der Waals surface area contributed by atoms with Crippen LogP contribution in [0.15, 0.2) is 84.9 Å². The van der Waals surface area contributed by atoms with Gasteiger partial charge in [0.2, 0.25) is 5.91 Å². The molecule has 2 fully saturated rings.